The van der Waals surface area contributed by atoms with Crippen molar-refractivity contribution in [3.8, 4) is 23.0 Å². The lowest BCUT2D eigenvalue weighted by Gasteiger charge is -2.45. The van der Waals surface area contributed by atoms with Gasteiger partial charge in [0, 0.05) is 16.8 Å². The van der Waals surface area contributed by atoms with Crippen LogP contribution in [0.25, 0.3) is 0 Å². The van der Waals surface area contributed by atoms with Gasteiger partial charge in [0.25, 0.3) is 0 Å². The average Bonchev–Trinajstić information content (AvgIpc) is 2.92. The zero-order valence-electron chi connectivity index (χ0n) is 22.6. The van der Waals surface area contributed by atoms with Crippen molar-refractivity contribution in [1.29, 1.82) is 0 Å². The summed E-state index contributed by atoms with van der Waals surface area (Å²) in [6.45, 7) is 7.12. The van der Waals surface area contributed by atoms with Gasteiger partial charge in [0.05, 0.1) is 0 Å². The lowest BCUT2D eigenvalue weighted by molar-refractivity contribution is 0.146. The summed E-state index contributed by atoms with van der Waals surface area (Å²) in [7, 11) is 0. The summed E-state index contributed by atoms with van der Waals surface area (Å²) in [6, 6.07) is 32.3. The lowest BCUT2D eigenvalue weighted by Crippen LogP contribution is -2.36. The molecule has 4 heteroatoms. The number of hydrogen-bond acceptors (Lipinski definition) is 4. The molecule has 0 radical (unpaired) electrons. The number of benzene rings is 4. The van der Waals surface area contributed by atoms with E-state index in [-0.39, 0.29) is 5.41 Å². The number of hydrogen-bond donors (Lipinski definition) is 2. The number of rotatable bonds is 6. The van der Waals surface area contributed by atoms with E-state index in [1.54, 1.807) is 0 Å². The summed E-state index contributed by atoms with van der Waals surface area (Å²) < 4.78 is 12.2. The van der Waals surface area contributed by atoms with E-state index in [4.69, 9.17) is 20.9 Å². The van der Waals surface area contributed by atoms with Gasteiger partial charge >= 0.3 is 0 Å². The number of nitrogen functional groups attached to an aromatic ring is 2. The molecule has 0 aromatic heterocycles. The standard InChI is InChI=1S/C34H38N2O2/c1-33(2,3)24-20-22-34(23-21-24,25-4-12-29(13-5-25)37-31-16-8-27(35)9-17-31)26-6-14-30(15-7-26)38-32-18-10-28(36)11-19-32/h4-19,24H,20-23,35-36H2,1-3H3. The highest BCUT2D eigenvalue weighted by Crippen LogP contribution is 2.50. The zero-order chi connectivity index (χ0) is 26.8. The average molecular weight is 507 g/mol. The Bertz CT molecular complexity index is 1240. The minimum absolute atomic E-state index is 0.0405. The largest absolute Gasteiger partial charge is 0.457 e. The van der Waals surface area contributed by atoms with Crippen molar-refractivity contribution in [3.63, 3.8) is 0 Å². The summed E-state index contributed by atoms with van der Waals surface area (Å²) in [5, 5.41) is 0. The van der Waals surface area contributed by atoms with Gasteiger partial charge in [0.15, 0.2) is 0 Å². The molecular formula is C34H38N2O2. The van der Waals surface area contributed by atoms with Gasteiger partial charge in [-0.15, -0.1) is 0 Å². The first-order valence-corrected chi connectivity index (χ1v) is 13.5. The summed E-state index contributed by atoms with van der Waals surface area (Å²) in [5.74, 6) is 3.93. The molecule has 196 valence electrons. The molecule has 4 aromatic carbocycles. The van der Waals surface area contributed by atoms with Crippen LogP contribution in [-0.2, 0) is 5.41 Å². The van der Waals surface area contributed by atoms with Crippen molar-refractivity contribution in [1.82, 2.24) is 0 Å². The van der Waals surface area contributed by atoms with Crippen molar-refractivity contribution < 1.29 is 9.47 Å². The van der Waals surface area contributed by atoms with Gasteiger partial charge in [0.1, 0.15) is 23.0 Å². The van der Waals surface area contributed by atoms with E-state index in [1.165, 1.54) is 24.0 Å². The first kappa shape index (κ1) is 25.7. The van der Waals surface area contributed by atoms with Crippen LogP contribution in [0.4, 0.5) is 11.4 Å². The first-order chi connectivity index (χ1) is 18.2. The maximum Gasteiger partial charge on any atom is 0.127 e. The van der Waals surface area contributed by atoms with Crippen molar-refractivity contribution in [2.24, 2.45) is 11.3 Å². The Hall–Kier alpha value is -3.92. The van der Waals surface area contributed by atoms with Gasteiger partial charge in [-0.25, -0.2) is 0 Å². The second kappa shape index (κ2) is 10.4. The van der Waals surface area contributed by atoms with Crippen LogP contribution in [0.2, 0.25) is 0 Å². The van der Waals surface area contributed by atoms with Crippen LogP contribution >= 0.6 is 0 Å². The maximum atomic E-state index is 6.08. The van der Waals surface area contributed by atoms with Gasteiger partial charge in [-0.3, -0.25) is 0 Å². The molecule has 0 spiro atoms. The Kier molecular flexibility index (Phi) is 7.07. The topological polar surface area (TPSA) is 70.5 Å². The van der Waals surface area contributed by atoms with Crippen LogP contribution in [0.15, 0.2) is 97.1 Å². The molecule has 0 bridgehead atoms. The fraction of sp³-hybridized carbons (Fsp3) is 0.294. The third kappa shape index (κ3) is 5.65. The summed E-state index contributed by atoms with van der Waals surface area (Å²) in [4.78, 5) is 0. The molecule has 0 aliphatic heterocycles. The highest BCUT2D eigenvalue weighted by molar-refractivity contribution is 5.47. The highest BCUT2D eigenvalue weighted by atomic mass is 16.5. The molecule has 1 saturated carbocycles. The van der Waals surface area contributed by atoms with Crippen LogP contribution in [0, 0.1) is 11.3 Å². The molecule has 0 amide bonds. The third-order valence-corrected chi connectivity index (χ3v) is 8.11. The number of ether oxygens (including phenoxy) is 2. The van der Waals surface area contributed by atoms with E-state index in [0.717, 1.165) is 53.1 Å². The normalized spacial score (nSPS) is 15.7. The van der Waals surface area contributed by atoms with Crippen molar-refractivity contribution in [3.05, 3.63) is 108 Å². The Balaban J connectivity index is 1.41. The van der Waals surface area contributed by atoms with Crippen molar-refractivity contribution >= 4 is 11.4 Å². The molecular weight excluding hydrogens is 468 g/mol. The van der Waals surface area contributed by atoms with Crippen LogP contribution in [0.1, 0.15) is 57.6 Å². The second-order valence-corrected chi connectivity index (χ2v) is 11.6. The third-order valence-electron chi connectivity index (χ3n) is 8.11. The molecule has 1 fully saturated rings. The molecule has 4 N–H and O–H groups in total. The van der Waals surface area contributed by atoms with Gasteiger partial charge in [-0.2, -0.15) is 0 Å². The van der Waals surface area contributed by atoms with Crippen molar-refractivity contribution in [2.45, 2.75) is 51.9 Å². The van der Waals surface area contributed by atoms with E-state index < -0.39 is 0 Å². The molecule has 1 aliphatic rings. The quantitative estimate of drug-likeness (QED) is 0.256. The van der Waals surface area contributed by atoms with E-state index in [9.17, 15) is 0 Å². The second-order valence-electron chi connectivity index (χ2n) is 11.6. The molecule has 38 heavy (non-hydrogen) atoms. The van der Waals surface area contributed by atoms with Crippen molar-refractivity contribution in [2.75, 3.05) is 11.5 Å². The molecule has 0 atom stereocenters. The van der Waals surface area contributed by atoms with Crippen LogP contribution in [0.3, 0.4) is 0 Å². The van der Waals surface area contributed by atoms with Crippen LogP contribution in [0.5, 0.6) is 23.0 Å². The number of anilines is 2. The van der Waals surface area contributed by atoms with Gasteiger partial charge in [-0.1, -0.05) is 45.0 Å². The maximum absolute atomic E-state index is 6.08. The Morgan fingerprint density at radius 1 is 0.553 bits per heavy atom. The minimum Gasteiger partial charge on any atom is -0.457 e. The van der Waals surface area contributed by atoms with Crippen LogP contribution in [-0.4, -0.2) is 0 Å². The van der Waals surface area contributed by atoms with E-state index in [2.05, 4.69) is 69.3 Å². The predicted octanol–water partition coefficient (Wildman–Crippen LogP) is 8.96. The van der Waals surface area contributed by atoms with Gasteiger partial charge < -0.3 is 20.9 Å². The molecule has 0 saturated heterocycles. The summed E-state index contributed by atoms with van der Waals surface area (Å²) >= 11 is 0. The summed E-state index contributed by atoms with van der Waals surface area (Å²) in [6.07, 6.45) is 4.64. The fourth-order valence-electron chi connectivity index (χ4n) is 5.75. The SMILES string of the molecule is CC(C)(C)C1CCC(c2ccc(Oc3ccc(N)cc3)cc2)(c2ccc(Oc3ccc(N)cc3)cc2)CC1. The zero-order valence-corrected chi connectivity index (χ0v) is 22.6. The molecule has 0 heterocycles. The van der Waals surface area contributed by atoms with Crippen LogP contribution < -0.4 is 20.9 Å². The Morgan fingerprint density at radius 3 is 1.18 bits per heavy atom. The summed E-state index contributed by atoms with van der Waals surface area (Å²) in [5.41, 5.74) is 16.0. The Labute approximate surface area is 226 Å². The molecule has 1 aliphatic carbocycles. The smallest absolute Gasteiger partial charge is 0.127 e. The monoisotopic (exact) mass is 506 g/mol. The molecule has 4 aromatic rings. The molecule has 5 rings (SSSR count). The first-order valence-electron chi connectivity index (χ1n) is 13.5. The highest BCUT2D eigenvalue weighted by Gasteiger charge is 2.41. The van der Waals surface area contributed by atoms with E-state index in [1.807, 2.05) is 48.5 Å². The van der Waals surface area contributed by atoms with E-state index in [0.29, 0.717) is 5.41 Å². The van der Waals surface area contributed by atoms with Gasteiger partial charge in [-0.05, 0) is 121 Å². The molecule has 0 unspecified atom stereocenters. The minimum atomic E-state index is -0.0405. The van der Waals surface area contributed by atoms with Gasteiger partial charge in [0.2, 0.25) is 0 Å². The molecule has 4 nitrogen and oxygen atoms in total. The lowest BCUT2D eigenvalue weighted by atomic mass is 9.59. The predicted molar refractivity (Wildman–Crippen MR) is 157 cm³/mol. The Morgan fingerprint density at radius 2 is 0.868 bits per heavy atom. The fourth-order valence-corrected chi connectivity index (χ4v) is 5.75. The van der Waals surface area contributed by atoms with E-state index >= 15 is 0 Å². The number of nitrogens with two attached hydrogens (primary N) is 2.